The van der Waals surface area contributed by atoms with Crippen molar-refractivity contribution in [3.63, 3.8) is 0 Å². The van der Waals surface area contributed by atoms with Crippen molar-refractivity contribution in [2.45, 2.75) is 52.1 Å². The van der Waals surface area contributed by atoms with Gasteiger partial charge in [-0.2, -0.15) is 0 Å². The Hall–Kier alpha value is -0.853. The third-order valence-corrected chi connectivity index (χ3v) is 8.36. The second-order valence-corrected chi connectivity index (χ2v) is 11.1. The normalized spacial score (nSPS) is 12.8. The van der Waals surface area contributed by atoms with E-state index in [0.29, 0.717) is 0 Å². The molecule has 1 N–H and O–H groups in total. The molecule has 0 aliphatic rings. The molecule has 2 nitrogen and oxygen atoms in total. The number of aliphatic hydroxyl groups is 1. The summed E-state index contributed by atoms with van der Waals surface area (Å²) in [6, 6.07) is 0.808. The summed E-state index contributed by atoms with van der Waals surface area (Å²) in [6.45, 7) is 8.84. The minimum absolute atomic E-state index is 0.108. The molecule has 0 unspecified atom stereocenters. The van der Waals surface area contributed by atoms with Gasteiger partial charge in [-0.25, -0.2) is 13.2 Å². The van der Waals surface area contributed by atoms with Gasteiger partial charge in [-0.15, -0.1) is 0 Å². The number of hydrogen-bond acceptors (Lipinski definition) is 2. The molecule has 0 atom stereocenters. The number of benzene rings is 1. The van der Waals surface area contributed by atoms with Crippen LogP contribution in [0.2, 0.25) is 18.1 Å². The van der Waals surface area contributed by atoms with Crippen LogP contribution in [0, 0.1) is 17.5 Å². The Bertz CT molecular complexity index is 496. The largest absolute Gasteiger partial charge is 0.412 e. The summed E-state index contributed by atoms with van der Waals surface area (Å²) < 4.78 is 46.8. The highest BCUT2D eigenvalue weighted by Crippen LogP contribution is 2.37. The topological polar surface area (TPSA) is 29.5 Å². The first-order valence-electron chi connectivity index (χ1n) is 6.41. The standard InChI is InChI=1S/C14H21F3O2Si/c1-14(2,3)20(4,5)19-8-10-11(15)6-9(7-18)12(16)13(10)17/h6,18H,7-8H2,1-5H3. The van der Waals surface area contributed by atoms with Crippen molar-refractivity contribution in [2.75, 3.05) is 0 Å². The number of rotatable bonds is 4. The molecule has 0 spiro atoms. The molecule has 0 aliphatic heterocycles. The van der Waals surface area contributed by atoms with E-state index in [1.54, 1.807) is 0 Å². The van der Waals surface area contributed by atoms with Crippen molar-refractivity contribution >= 4 is 8.32 Å². The average molecular weight is 306 g/mol. The van der Waals surface area contributed by atoms with Gasteiger partial charge in [0.25, 0.3) is 0 Å². The van der Waals surface area contributed by atoms with Crippen LogP contribution in [0.4, 0.5) is 13.2 Å². The molecule has 0 heterocycles. The van der Waals surface area contributed by atoms with E-state index in [1.165, 1.54) is 0 Å². The Labute approximate surface area is 118 Å². The molecule has 114 valence electrons. The van der Waals surface area contributed by atoms with Crippen molar-refractivity contribution in [2.24, 2.45) is 0 Å². The van der Waals surface area contributed by atoms with Crippen LogP contribution in [0.3, 0.4) is 0 Å². The lowest BCUT2D eigenvalue weighted by atomic mass is 10.1. The second-order valence-electron chi connectivity index (χ2n) is 6.33. The van der Waals surface area contributed by atoms with Crippen LogP contribution in [0.15, 0.2) is 6.07 Å². The Kier molecular flexibility index (Phi) is 5.05. The van der Waals surface area contributed by atoms with Crippen LogP contribution >= 0.6 is 0 Å². The van der Waals surface area contributed by atoms with Crippen molar-refractivity contribution in [3.05, 3.63) is 34.6 Å². The van der Waals surface area contributed by atoms with Crippen molar-refractivity contribution < 1.29 is 22.7 Å². The Balaban J connectivity index is 3.03. The molecule has 1 rings (SSSR count). The van der Waals surface area contributed by atoms with E-state index in [-0.39, 0.29) is 11.6 Å². The third kappa shape index (κ3) is 3.42. The van der Waals surface area contributed by atoms with E-state index in [0.717, 1.165) is 6.07 Å². The predicted octanol–water partition coefficient (Wildman–Crippen LogP) is 4.12. The van der Waals surface area contributed by atoms with Gasteiger partial charge >= 0.3 is 0 Å². The van der Waals surface area contributed by atoms with E-state index < -0.39 is 43.5 Å². The molecule has 1 aromatic carbocycles. The van der Waals surface area contributed by atoms with Crippen molar-refractivity contribution in [1.82, 2.24) is 0 Å². The highest BCUT2D eigenvalue weighted by Gasteiger charge is 2.37. The van der Waals surface area contributed by atoms with Crippen LogP contribution < -0.4 is 0 Å². The number of aliphatic hydroxyl groups excluding tert-OH is 1. The Morgan fingerprint density at radius 2 is 1.70 bits per heavy atom. The van der Waals surface area contributed by atoms with E-state index in [4.69, 9.17) is 9.53 Å². The van der Waals surface area contributed by atoms with E-state index in [2.05, 4.69) is 0 Å². The highest BCUT2D eigenvalue weighted by atomic mass is 28.4. The van der Waals surface area contributed by atoms with Gasteiger partial charge in [0.1, 0.15) is 5.82 Å². The first kappa shape index (κ1) is 17.2. The minimum atomic E-state index is -2.18. The SMILES string of the molecule is CC(C)(C)[Si](C)(C)OCc1c(F)cc(CO)c(F)c1F. The summed E-state index contributed by atoms with van der Waals surface area (Å²) in [5.41, 5.74) is -0.819. The van der Waals surface area contributed by atoms with Crippen molar-refractivity contribution in [3.8, 4) is 0 Å². The Morgan fingerprint density at radius 3 is 2.15 bits per heavy atom. The molecule has 0 aliphatic carbocycles. The zero-order chi connectivity index (χ0) is 15.7. The Morgan fingerprint density at radius 1 is 1.15 bits per heavy atom. The quantitative estimate of drug-likeness (QED) is 0.670. The maximum Gasteiger partial charge on any atom is 0.192 e. The molecular weight excluding hydrogens is 285 g/mol. The molecule has 0 amide bonds. The average Bonchev–Trinajstić information content (AvgIpc) is 2.32. The molecule has 0 radical (unpaired) electrons. The van der Waals surface area contributed by atoms with Gasteiger partial charge in [-0.3, -0.25) is 0 Å². The van der Waals surface area contributed by atoms with E-state index in [9.17, 15) is 13.2 Å². The van der Waals surface area contributed by atoms with Gasteiger partial charge in [0, 0.05) is 5.56 Å². The molecule has 0 saturated carbocycles. The summed E-state index contributed by atoms with van der Waals surface area (Å²) in [6.07, 6.45) is 0. The van der Waals surface area contributed by atoms with Crippen LogP contribution in [-0.2, 0) is 17.6 Å². The molecule has 0 fully saturated rings. The highest BCUT2D eigenvalue weighted by molar-refractivity contribution is 6.74. The van der Waals surface area contributed by atoms with Gasteiger partial charge in [-0.1, -0.05) is 20.8 Å². The monoisotopic (exact) mass is 306 g/mol. The minimum Gasteiger partial charge on any atom is -0.412 e. The van der Waals surface area contributed by atoms with E-state index in [1.807, 2.05) is 33.9 Å². The summed E-state index contributed by atoms with van der Waals surface area (Å²) >= 11 is 0. The first-order chi connectivity index (χ1) is 9.01. The number of hydrogen-bond donors (Lipinski definition) is 1. The predicted molar refractivity (Wildman–Crippen MR) is 74.2 cm³/mol. The maximum absolute atomic E-state index is 13.8. The number of halogens is 3. The van der Waals surface area contributed by atoms with Gasteiger partial charge in [0.15, 0.2) is 20.0 Å². The van der Waals surface area contributed by atoms with Crippen LogP contribution in [0.1, 0.15) is 31.9 Å². The summed E-state index contributed by atoms with van der Waals surface area (Å²) in [5, 5.41) is 8.72. The lowest BCUT2D eigenvalue weighted by Crippen LogP contribution is -2.40. The van der Waals surface area contributed by atoms with E-state index >= 15 is 0 Å². The van der Waals surface area contributed by atoms with Gasteiger partial charge in [0.2, 0.25) is 0 Å². The van der Waals surface area contributed by atoms with Gasteiger partial charge in [-0.05, 0) is 24.2 Å². The fourth-order valence-electron chi connectivity index (χ4n) is 1.40. The first-order valence-corrected chi connectivity index (χ1v) is 9.32. The molecular formula is C14H21F3O2Si. The van der Waals surface area contributed by atoms with Crippen LogP contribution in [0.5, 0.6) is 0 Å². The lowest BCUT2D eigenvalue weighted by Gasteiger charge is -2.36. The van der Waals surface area contributed by atoms with Gasteiger partial charge < -0.3 is 9.53 Å². The molecule has 0 saturated heterocycles. The van der Waals surface area contributed by atoms with Gasteiger partial charge in [0.05, 0.1) is 18.8 Å². The maximum atomic E-state index is 13.8. The zero-order valence-electron chi connectivity index (χ0n) is 12.5. The smallest absolute Gasteiger partial charge is 0.192 e. The third-order valence-electron chi connectivity index (χ3n) is 3.88. The summed E-state index contributed by atoms with van der Waals surface area (Å²) in [7, 11) is -2.18. The lowest BCUT2D eigenvalue weighted by molar-refractivity contribution is 0.256. The fourth-order valence-corrected chi connectivity index (χ4v) is 2.34. The molecule has 0 bridgehead atoms. The molecule has 0 aromatic heterocycles. The van der Waals surface area contributed by atoms with Crippen LogP contribution in [-0.4, -0.2) is 13.4 Å². The second kappa shape index (κ2) is 5.87. The summed E-state index contributed by atoms with van der Waals surface area (Å²) in [5.74, 6) is -3.40. The fraction of sp³-hybridized carbons (Fsp3) is 0.571. The summed E-state index contributed by atoms with van der Waals surface area (Å²) in [4.78, 5) is 0. The molecule has 6 heteroatoms. The molecule has 1 aromatic rings. The van der Waals surface area contributed by atoms with Crippen molar-refractivity contribution in [1.29, 1.82) is 0 Å². The molecule has 20 heavy (non-hydrogen) atoms. The van der Waals surface area contributed by atoms with Crippen LogP contribution in [0.25, 0.3) is 0 Å². The zero-order valence-corrected chi connectivity index (χ0v) is 13.5.